The number of hydrogen-bond acceptors (Lipinski definition) is 4. The maximum absolute atomic E-state index is 12.8. The zero-order chi connectivity index (χ0) is 20.3. The first-order valence-electron chi connectivity index (χ1n) is 9.91. The van der Waals surface area contributed by atoms with Gasteiger partial charge in [-0.15, -0.1) is 0 Å². The molecule has 1 N–H and O–H groups in total. The van der Waals surface area contributed by atoms with Gasteiger partial charge >= 0.3 is 0 Å². The van der Waals surface area contributed by atoms with Gasteiger partial charge in [-0.2, -0.15) is 5.26 Å². The van der Waals surface area contributed by atoms with Crippen molar-refractivity contribution in [2.75, 3.05) is 5.32 Å². The van der Waals surface area contributed by atoms with Gasteiger partial charge in [0.15, 0.2) is 0 Å². The average molecular weight is 394 g/mol. The number of thioether (sulfide) groups is 1. The van der Waals surface area contributed by atoms with E-state index in [-0.39, 0.29) is 11.2 Å². The fraction of sp³-hybridized carbons (Fsp3) is 0.435. The van der Waals surface area contributed by atoms with E-state index in [1.54, 1.807) is 0 Å². The number of hydrogen-bond donors (Lipinski definition) is 1. The molecule has 1 aliphatic rings. The minimum absolute atomic E-state index is 0.0639. The summed E-state index contributed by atoms with van der Waals surface area (Å²) in [6, 6.07) is 10.3. The van der Waals surface area contributed by atoms with Gasteiger partial charge < -0.3 is 5.32 Å². The lowest BCUT2D eigenvalue weighted by molar-refractivity contribution is -0.115. The van der Waals surface area contributed by atoms with E-state index in [2.05, 4.69) is 25.2 Å². The van der Waals surface area contributed by atoms with Gasteiger partial charge in [0.2, 0.25) is 5.91 Å². The second-order valence-electron chi connectivity index (χ2n) is 7.62. The quantitative estimate of drug-likeness (QED) is 0.720. The molecule has 1 aromatic carbocycles. The number of rotatable bonds is 5. The molecule has 1 amide bonds. The first kappa shape index (κ1) is 20.4. The van der Waals surface area contributed by atoms with Crippen molar-refractivity contribution in [3.8, 4) is 6.07 Å². The molecule has 3 rings (SSSR count). The SMILES string of the molecule is CCc1cccc(C)c1NC(=O)C(C)Sc1nc2c(cc1C#N)CC(C)CC2. The lowest BCUT2D eigenvalue weighted by Crippen LogP contribution is -2.24. The highest BCUT2D eigenvalue weighted by Gasteiger charge is 2.23. The average Bonchev–Trinajstić information content (AvgIpc) is 2.68. The molecule has 0 saturated heterocycles. The lowest BCUT2D eigenvalue weighted by atomic mass is 9.87. The lowest BCUT2D eigenvalue weighted by Gasteiger charge is -2.22. The molecule has 0 aliphatic heterocycles. The molecule has 0 bridgehead atoms. The molecule has 5 heteroatoms. The highest BCUT2D eigenvalue weighted by atomic mass is 32.2. The number of nitrogens with zero attached hydrogens (tertiary/aromatic N) is 2. The molecule has 146 valence electrons. The van der Waals surface area contributed by atoms with Crippen LogP contribution in [0.2, 0.25) is 0 Å². The van der Waals surface area contributed by atoms with Crippen LogP contribution < -0.4 is 5.32 Å². The van der Waals surface area contributed by atoms with E-state index < -0.39 is 0 Å². The summed E-state index contributed by atoms with van der Waals surface area (Å²) in [6.07, 6.45) is 3.91. The second kappa shape index (κ2) is 8.79. The number of carbonyl (C=O) groups is 1. The summed E-state index contributed by atoms with van der Waals surface area (Å²) in [7, 11) is 0. The van der Waals surface area contributed by atoms with Gasteiger partial charge in [0.1, 0.15) is 11.1 Å². The summed E-state index contributed by atoms with van der Waals surface area (Å²) >= 11 is 1.37. The number of carbonyl (C=O) groups excluding carboxylic acids is 1. The smallest absolute Gasteiger partial charge is 0.237 e. The Morgan fingerprint density at radius 1 is 1.46 bits per heavy atom. The number of aryl methyl sites for hydroxylation is 3. The minimum Gasteiger partial charge on any atom is -0.325 e. The van der Waals surface area contributed by atoms with E-state index in [0.717, 1.165) is 48.2 Å². The Morgan fingerprint density at radius 3 is 2.96 bits per heavy atom. The highest BCUT2D eigenvalue weighted by molar-refractivity contribution is 8.00. The topological polar surface area (TPSA) is 65.8 Å². The van der Waals surface area contributed by atoms with Crippen molar-refractivity contribution in [1.29, 1.82) is 5.26 Å². The molecule has 0 fully saturated rings. The van der Waals surface area contributed by atoms with Gasteiger partial charge in [-0.1, -0.05) is 43.8 Å². The van der Waals surface area contributed by atoms with Gasteiger partial charge in [0.05, 0.1) is 10.8 Å². The van der Waals surface area contributed by atoms with Crippen LogP contribution in [0.5, 0.6) is 0 Å². The molecule has 4 nitrogen and oxygen atoms in total. The zero-order valence-electron chi connectivity index (χ0n) is 17.0. The predicted octanol–water partition coefficient (Wildman–Crippen LogP) is 5.07. The fourth-order valence-electron chi connectivity index (χ4n) is 3.65. The summed E-state index contributed by atoms with van der Waals surface area (Å²) in [6.45, 7) is 8.19. The number of benzene rings is 1. The number of pyridine rings is 1. The van der Waals surface area contributed by atoms with E-state index >= 15 is 0 Å². The third-order valence-electron chi connectivity index (χ3n) is 5.36. The Hall–Kier alpha value is -2.32. The van der Waals surface area contributed by atoms with Crippen LogP contribution in [-0.4, -0.2) is 16.1 Å². The first-order chi connectivity index (χ1) is 13.4. The van der Waals surface area contributed by atoms with E-state index in [1.807, 2.05) is 38.1 Å². The minimum atomic E-state index is -0.343. The third kappa shape index (κ3) is 4.39. The van der Waals surface area contributed by atoms with E-state index in [9.17, 15) is 10.1 Å². The molecule has 1 aromatic heterocycles. The van der Waals surface area contributed by atoms with E-state index in [1.165, 1.54) is 17.3 Å². The summed E-state index contributed by atoms with van der Waals surface area (Å²) in [5, 5.41) is 13.0. The molecule has 1 aliphatic carbocycles. The number of aromatic nitrogens is 1. The normalized spacial score (nSPS) is 16.8. The van der Waals surface area contributed by atoms with Crippen molar-refractivity contribution in [3.63, 3.8) is 0 Å². The monoisotopic (exact) mass is 393 g/mol. The molecule has 2 aromatic rings. The molecule has 28 heavy (non-hydrogen) atoms. The Kier molecular flexibility index (Phi) is 6.41. The molecule has 0 radical (unpaired) electrons. The van der Waals surface area contributed by atoms with Crippen LogP contribution in [0.3, 0.4) is 0 Å². The number of fused-ring (bicyclic) bond motifs is 1. The van der Waals surface area contributed by atoms with Crippen molar-refractivity contribution in [3.05, 3.63) is 52.2 Å². The largest absolute Gasteiger partial charge is 0.325 e. The number of amides is 1. The van der Waals surface area contributed by atoms with Crippen molar-refractivity contribution >= 4 is 23.4 Å². The standard InChI is InChI=1S/C23H27N3OS/c1-5-17-8-6-7-15(3)21(17)26-22(27)16(4)28-23-19(13-24)12-18-11-14(2)9-10-20(18)25-23/h6-8,12,14,16H,5,9-11H2,1-4H3,(H,26,27). The third-order valence-corrected chi connectivity index (χ3v) is 6.47. The van der Waals surface area contributed by atoms with Crippen LogP contribution in [0.4, 0.5) is 5.69 Å². The van der Waals surface area contributed by atoms with Gasteiger partial charge in [-0.3, -0.25) is 4.79 Å². The van der Waals surface area contributed by atoms with Gasteiger partial charge in [0.25, 0.3) is 0 Å². The molecule has 1 heterocycles. The van der Waals surface area contributed by atoms with Gasteiger partial charge in [0, 0.05) is 11.4 Å². The van der Waals surface area contributed by atoms with Crippen molar-refractivity contribution in [2.24, 2.45) is 5.92 Å². The molecular weight excluding hydrogens is 366 g/mol. The summed E-state index contributed by atoms with van der Waals surface area (Å²) in [5.74, 6) is 0.567. The van der Waals surface area contributed by atoms with Crippen LogP contribution >= 0.6 is 11.8 Å². The Labute approximate surface area is 171 Å². The van der Waals surface area contributed by atoms with E-state index in [0.29, 0.717) is 16.5 Å². The molecule has 2 atom stereocenters. The van der Waals surface area contributed by atoms with E-state index in [4.69, 9.17) is 4.98 Å². The molecule has 0 saturated carbocycles. The Bertz CT molecular complexity index is 932. The first-order valence-corrected chi connectivity index (χ1v) is 10.8. The Balaban J connectivity index is 1.79. The molecule has 2 unspecified atom stereocenters. The maximum atomic E-state index is 12.8. The van der Waals surface area contributed by atoms with Crippen LogP contribution in [0.25, 0.3) is 0 Å². The summed E-state index contributed by atoms with van der Waals surface area (Å²) in [5.41, 5.74) is 5.93. The molecular formula is C23H27N3OS. The summed E-state index contributed by atoms with van der Waals surface area (Å²) in [4.78, 5) is 17.6. The number of nitrogens with one attached hydrogen (secondary N) is 1. The van der Waals surface area contributed by atoms with Crippen molar-refractivity contribution in [2.45, 2.75) is 63.7 Å². The number of para-hydroxylation sites is 1. The van der Waals surface area contributed by atoms with Gasteiger partial charge in [-0.25, -0.2) is 4.98 Å². The number of anilines is 1. The van der Waals surface area contributed by atoms with Crippen LogP contribution in [0.15, 0.2) is 29.3 Å². The second-order valence-corrected chi connectivity index (χ2v) is 8.95. The highest BCUT2D eigenvalue weighted by Crippen LogP contribution is 2.32. The van der Waals surface area contributed by atoms with Crippen molar-refractivity contribution in [1.82, 2.24) is 4.98 Å². The van der Waals surface area contributed by atoms with Gasteiger partial charge in [-0.05, 0) is 68.2 Å². The number of nitriles is 1. The van der Waals surface area contributed by atoms with Crippen LogP contribution in [0, 0.1) is 24.2 Å². The molecule has 0 spiro atoms. The van der Waals surface area contributed by atoms with Crippen molar-refractivity contribution < 1.29 is 4.79 Å². The van der Waals surface area contributed by atoms with Crippen LogP contribution in [0.1, 0.15) is 55.1 Å². The predicted molar refractivity (Wildman–Crippen MR) is 115 cm³/mol. The Morgan fingerprint density at radius 2 is 2.25 bits per heavy atom. The summed E-state index contributed by atoms with van der Waals surface area (Å²) < 4.78 is 0. The zero-order valence-corrected chi connectivity index (χ0v) is 17.8. The maximum Gasteiger partial charge on any atom is 0.237 e. The van der Waals surface area contributed by atoms with Crippen LogP contribution in [-0.2, 0) is 24.1 Å². The fourth-order valence-corrected chi connectivity index (χ4v) is 4.54.